The van der Waals surface area contributed by atoms with E-state index in [9.17, 15) is 9.18 Å². The van der Waals surface area contributed by atoms with Crippen LogP contribution in [0.2, 0.25) is 0 Å². The molecule has 0 aliphatic heterocycles. The normalized spacial score (nSPS) is 11.1. The SMILES string of the molecule is Cc1nc(C)n(-c2cccc(F)c2/C=C/C(=O)O)n1. The summed E-state index contributed by atoms with van der Waals surface area (Å²) in [6.45, 7) is 3.48. The first-order valence-corrected chi connectivity index (χ1v) is 5.59. The van der Waals surface area contributed by atoms with Crippen molar-refractivity contribution in [3.63, 3.8) is 0 Å². The molecule has 0 aliphatic rings. The number of nitrogens with zero attached hydrogens (tertiary/aromatic N) is 3. The summed E-state index contributed by atoms with van der Waals surface area (Å²) in [4.78, 5) is 14.7. The minimum absolute atomic E-state index is 0.165. The first kappa shape index (κ1) is 12.9. The Kier molecular flexibility index (Phi) is 3.41. The van der Waals surface area contributed by atoms with E-state index in [1.54, 1.807) is 26.0 Å². The Morgan fingerprint density at radius 3 is 2.74 bits per heavy atom. The van der Waals surface area contributed by atoms with Gasteiger partial charge in [0.05, 0.1) is 5.69 Å². The number of aryl methyl sites for hydroxylation is 2. The van der Waals surface area contributed by atoms with Crippen LogP contribution in [0.5, 0.6) is 0 Å². The van der Waals surface area contributed by atoms with Crippen LogP contribution in [-0.2, 0) is 4.79 Å². The maximum Gasteiger partial charge on any atom is 0.328 e. The van der Waals surface area contributed by atoms with E-state index in [-0.39, 0.29) is 5.56 Å². The van der Waals surface area contributed by atoms with Crippen LogP contribution in [-0.4, -0.2) is 25.8 Å². The van der Waals surface area contributed by atoms with Crippen LogP contribution in [0.25, 0.3) is 11.8 Å². The van der Waals surface area contributed by atoms with E-state index in [0.717, 1.165) is 6.08 Å². The number of hydrogen-bond donors (Lipinski definition) is 1. The molecule has 5 nitrogen and oxygen atoms in total. The average Bonchev–Trinajstić information content (AvgIpc) is 2.66. The number of carboxylic acids is 1. The van der Waals surface area contributed by atoms with Crippen molar-refractivity contribution in [3.8, 4) is 5.69 Å². The largest absolute Gasteiger partial charge is 0.478 e. The second-order valence-electron chi connectivity index (χ2n) is 3.96. The molecule has 0 atom stereocenters. The molecule has 1 heterocycles. The third-order valence-electron chi connectivity index (χ3n) is 2.53. The summed E-state index contributed by atoms with van der Waals surface area (Å²) in [6.07, 6.45) is 2.10. The van der Waals surface area contributed by atoms with Gasteiger partial charge >= 0.3 is 5.97 Å². The fourth-order valence-electron chi connectivity index (χ4n) is 1.78. The fraction of sp³-hybridized carbons (Fsp3) is 0.154. The van der Waals surface area contributed by atoms with E-state index in [1.165, 1.54) is 16.8 Å². The van der Waals surface area contributed by atoms with Gasteiger partial charge in [-0.15, -0.1) is 0 Å². The molecule has 0 amide bonds. The Morgan fingerprint density at radius 2 is 2.16 bits per heavy atom. The molecule has 19 heavy (non-hydrogen) atoms. The third-order valence-corrected chi connectivity index (χ3v) is 2.53. The molecule has 0 unspecified atom stereocenters. The van der Waals surface area contributed by atoms with Gasteiger partial charge in [-0.1, -0.05) is 6.07 Å². The molecule has 0 saturated carbocycles. The molecular weight excluding hydrogens is 249 g/mol. The van der Waals surface area contributed by atoms with Crippen LogP contribution >= 0.6 is 0 Å². The molecule has 0 radical (unpaired) electrons. The molecule has 2 aromatic rings. The third kappa shape index (κ3) is 2.67. The Labute approximate surface area is 109 Å². The van der Waals surface area contributed by atoms with Gasteiger partial charge in [0.2, 0.25) is 0 Å². The molecule has 6 heteroatoms. The van der Waals surface area contributed by atoms with Gasteiger partial charge in [-0.25, -0.2) is 18.9 Å². The molecule has 0 saturated heterocycles. The summed E-state index contributed by atoms with van der Waals surface area (Å²) in [5.41, 5.74) is 0.619. The van der Waals surface area contributed by atoms with Crippen molar-refractivity contribution in [2.45, 2.75) is 13.8 Å². The molecule has 1 N–H and O–H groups in total. The summed E-state index contributed by atoms with van der Waals surface area (Å²) >= 11 is 0. The molecule has 1 aromatic carbocycles. The first-order valence-electron chi connectivity index (χ1n) is 5.59. The lowest BCUT2D eigenvalue weighted by Gasteiger charge is -2.08. The van der Waals surface area contributed by atoms with Crippen LogP contribution in [0.3, 0.4) is 0 Å². The van der Waals surface area contributed by atoms with Gasteiger partial charge in [0.1, 0.15) is 17.5 Å². The zero-order chi connectivity index (χ0) is 14.0. The molecular formula is C13H12FN3O2. The first-order chi connectivity index (χ1) is 8.99. The number of carboxylic acid groups (broad SMARTS) is 1. The summed E-state index contributed by atoms with van der Waals surface area (Å²) in [6, 6.07) is 4.47. The van der Waals surface area contributed by atoms with Gasteiger partial charge in [0.15, 0.2) is 0 Å². The molecule has 0 fully saturated rings. The second-order valence-corrected chi connectivity index (χ2v) is 3.96. The quantitative estimate of drug-likeness (QED) is 0.859. The van der Waals surface area contributed by atoms with E-state index in [2.05, 4.69) is 10.1 Å². The highest BCUT2D eigenvalue weighted by atomic mass is 19.1. The second kappa shape index (κ2) is 5.01. The minimum atomic E-state index is -1.14. The highest BCUT2D eigenvalue weighted by Gasteiger charge is 2.12. The number of benzene rings is 1. The van der Waals surface area contributed by atoms with Crippen LogP contribution in [0.15, 0.2) is 24.3 Å². The van der Waals surface area contributed by atoms with Crippen LogP contribution in [0, 0.1) is 19.7 Å². The topological polar surface area (TPSA) is 68.0 Å². The molecule has 0 spiro atoms. The number of aromatic nitrogens is 3. The maximum atomic E-state index is 13.8. The Balaban J connectivity index is 2.60. The molecule has 0 bridgehead atoms. The number of carbonyl (C=O) groups is 1. The van der Waals surface area contributed by atoms with E-state index >= 15 is 0 Å². The van der Waals surface area contributed by atoms with Crippen LogP contribution in [0.4, 0.5) is 4.39 Å². The molecule has 1 aromatic heterocycles. The van der Waals surface area contributed by atoms with Crippen molar-refractivity contribution in [1.29, 1.82) is 0 Å². The number of hydrogen-bond acceptors (Lipinski definition) is 3. The van der Waals surface area contributed by atoms with Crippen molar-refractivity contribution in [1.82, 2.24) is 14.8 Å². The zero-order valence-electron chi connectivity index (χ0n) is 10.5. The van der Waals surface area contributed by atoms with Gasteiger partial charge in [0, 0.05) is 11.6 Å². The Morgan fingerprint density at radius 1 is 1.42 bits per heavy atom. The van der Waals surface area contributed by atoms with Crippen LogP contribution < -0.4 is 0 Å². The molecule has 0 aliphatic carbocycles. The van der Waals surface area contributed by atoms with Crippen molar-refractivity contribution in [2.24, 2.45) is 0 Å². The highest BCUT2D eigenvalue weighted by Crippen LogP contribution is 2.20. The lowest BCUT2D eigenvalue weighted by atomic mass is 10.1. The van der Waals surface area contributed by atoms with Gasteiger partial charge in [-0.05, 0) is 32.1 Å². The molecule has 2 rings (SSSR count). The van der Waals surface area contributed by atoms with Crippen molar-refractivity contribution < 1.29 is 14.3 Å². The summed E-state index contributed by atoms with van der Waals surface area (Å²) in [5.74, 6) is -0.480. The van der Waals surface area contributed by atoms with Crippen molar-refractivity contribution in [3.05, 3.63) is 47.3 Å². The number of halogens is 1. The Hall–Kier alpha value is -2.50. The predicted molar refractivity (Wildman–Crippen MR) is 67.5 cm³/mol. The number of rotatable bonds is 3. The smallest absolute Gasteiger partial charge is 0.328 e. The van der Waals surface area contributed by atoms with Gasteiger partial charge in [-0.2, -0.15) is 5.10 Å². The average molecular weight is 261 g/mol. The van der Waals surface area contributed by atoms with E-state index < -0.39 is 11.8 Å². The van der Waals surface area contributed by atoms with Crippen molar-refractivity contribution in [2.75, 3.05) is 0 Å². The number of aliphatic carboxylic acids is 1. The minimum Gasteiger partial charge on any atom is -0.478 e. The van der Waals surface area contributed by atoms with Gasteiger partial charge in [-0.3, -0.25) is 0 Å². The molecule has 98 valence electrons. The predicted octanol–water partition coefficient (Wildman–Crippen LogP) is 2.12. The highest BCUT2D eigenvalue weighted by molar-refractivity contribution is 5.86. The Bertz CT molecular complexity index is 662. The summed E-state index contributed by atoms with van der Waals surface area (Å²) in [5, 5.41) is 12.8. The maximum absolute atomic E-state index is 13.8. The van der Waals surface area contributed by atoms with E-state index in [0.29, 0.717) is 17.3 Å². The van der Waals surface area contributed by atoms with E-state index in [4.69, 9.17) is 5.11 Å². The zero-order valence-corrected chi connectivity index (χ0v) is 10.5. The lowest BCUT2D eigenvalue weighted by Crippen LogP contribution is -2.03. The monoisotopic (exact) mass is 261 g/mol. The van der Waals surface area contributed by atoms with Crippen molar-refractivity contribution >= 4 is 12.0 Å². The van der Waals surface area contributed by atoms with Crippen LogP contribution in [0.1, 0.15) is 17.2 Å². The van der Waals surface area contributed by atoms with E-state index in [1.807, 2.05) is 0 Å². The summed E-state index contributed by atoms with van der Waals surface area (Å²) < 4.78 is 15.3. The van der Waals surface area contributed by atoms with Gasteiger partial charge in [0.25, 0.3) is 0 Å². The van der Waals surface area contributed by atoms with Gasteiger partial charge < -0.3 is 5.11 Å². The standard InChI is InChI=1S/C13H12FN3O2/c1-8-15-9(2)17(16-8)12-5-3-4-11(14)10(12)6-7-13(18)19/h3-7H,1-2H3,(H,18,19)/b7-6+. The lowest BCUT2D eigenvalue weighted by molar-refractivity contribution is -0.131. The summed E-state index contributed by atoms with van der Waals surface area (Å²) in [7, 11) is 0. The fourth-order valence-corrected chi connectivity index (χ4v) is 1.78.